The van der Waals surface area contributed by atoms with Crippen LogP contribution in [-0.4, -0.2) is 49.6 Å². The summed E-state index contributed by atoms with van der Waals surface area (Å²) in [6.07, 6.45) is 2.06. The highest BCUT2D eigenvalue weighted by molar-refractivity contribution is 5.91. The second-order valence-electron chi connectivity index (χ2n) is 7.98. The Bertz CT molecular complexity index is 895. The molecule has 164 valence electrons. The number of nitrogens with zero attached hydrogens (tertiary/aromatic N) is 1. The zero-order valence-corrected chi connectivity index (χ0v) is 17.6. The highest BCUT2D eigenvalue weighted by Crippen LogP contribution is 2.32. The Hall–Kier alpha value is -3.06. The summed E-state index contributed by atoms with van der Waals surface area (Å²) in [5.41, 5.74) is 1.82. The Labute approximate surface area is 182 Å². The standard InChI is InChI=1S/C24H29N3O4/c28-23(26-20-6-7-21-22(16-20)31-15-14-30-21)10-13-27-11-8-19(9-12-27)24(29)25-17-18-4-2-1-3-5-18/h1-7,16,19H,8-15,17H2,(H,25,29)(H,26,28). The van der Waals surface area contributed by atoms with Crippen LogP contribution < -0.4 is 20.1 Å². The minimum absolute atomic E-state index is 0.0283. The van der Waals surface area contributed by atoms with Gasteiger partial charge in [-0.2, -0.15) is 0 Å². The van der Waals surface area contributed by atoms with Crippen LogP contribution in [0.1, 0.15) is 24.8 Å². The number of ether oxygens (including phenoxy) is 2. The monoisotopic (exact) mass is 423 g/mol. The molecule has 2 aliphatic rings. The van der Waals surface area contributed by atoms with Crippen LogP contribution in [0.15, 0.2) is 48.5 Å². The van der Waals surface area contributed by atoms with Crippen molar-refractivity contribution in [3.05, 3.63) is 54.1 Å². The van der Waals surface area contributed by atoms with Crippen molar-refractivity contribution in [3.63, 3.8) is 0 Å². The van der Waals surface area contributed by atoms with E-state index in [1.807, 2.05) is 42.5 Å². The minimum atomic E-state index is -0.0283. The summed E-state index contributed by atoms with van der Waals surface area (Å²) >= 11 is 0. The van der Waals surface area contributed by atoms with Gasteiger partial charge in [0, 0.05) is 37.2 Å². The molecule has 0 atom stereocenters. The lowest BCUT2D eigenvalue weighted by molar-refractivity contribution is -0.126. The first-order valence-corrected chi connectivity index (χ1v) is 10.9. The van der Waals surface area contributed by atoms with Crippen LogP contribution in [0.25, 0.3) is 0 Å². The molecule has 2 heterocycles. The lowest BCUT2D eigenvalue weighted by Gasteiger charge is -2.31. The molecule has 2 amide bonds. The van der Waals surface area contributed by atoms with Gasteiger partial charge in [0.1, 0.15) is 13.2 Å². The number of amides is 2. The normalized spacial score (nSPS) is 16.5. The van der Waals surface area contributed by atoms with Crippen LogP contribution in [0.3, 0.4) is 0 Å². The van der Waals surface area contributed by atoms with Gasteiger partial charge in [-0.25, -0.2) is 0 Å². The maximum atomic E-state index is 12.4. The second kappa shape index (κ2) is 10.3. The molecule has 1 saturated heterocycles. The number of fused-ring (bicyclic) bond motifs is 1. The van der Waals surface area contributed by atoms with Crippen molar-refractivity contribution in [1.82, 2.24) is 10.2 Å². The zero-order chi connectivity index (χ0) is 21.5. The van der Waals surface area contributed by atoms with Crippen molar-refractivity contribution in [2.75, 3.05) is 38.2 Å². The smallest absolute Gasteiger partial charge is 0.225 e. The van der Waals surface area contributed by atoms with Gasteiger partial charge >= 0.3 is 0 Å². The molecular formula is C24H29N3O4. The molecule has 7 heteroatoms. The molecule has 31 heavy (non-hydrogen) atoms. The molecule has 0 bridgehead atoms. The van der Waals surface area contributed by atoms with E-state index in [0.29, 0.717) is 49.9 Å². The summed E-state index contributed by atoms with van der Waals surface area (Å²) < 4.78 is 11.1. The summed E-state index contributed by atoms with van der Waals surface area (Å²) in [4.78, 5) is 27.0. The minimum Gasteiger partial charge on any atom is -0.486 e. The number of hydrogen-bond donors (Lipinski definition) is 2. The number of likely N-dealkylation sites (tertiary alicyclic amines) is 1. The molecule has 0 radical (unpaired) electrons. The topological polar surface area (TPSA) is 79.9 Å². The van der Waals surface area contributed by atoms with Crippen molar-refractivity contribution in [1.29, 1.82) is 0 Å². The van der Waals surface area contributed by atoms with Crippen LogP contribution >= 0.6 is 0 Å². The van der Waals surface area contributed by atoms with Crippen LogP contribution in [0, 0.1) is 5.92 Å². The number of anilines is 1. The Balaban J connectivity index is 1.15. The molecule has 7 nitrogen and oxygen atoms in total. The van der Waals surface area contributed by atoms with Gasteiger partial charge in [-0.3, -0.25) is 9.59 Å². The van der Waals surface area contributed by atoms with Gasteiger partial charge in [0.05, 0.1) is 0 Å². The lowest BCUT2D eigenvalue weighted by Crippen LogP contribution is -2.41. The number of hydrogen-bond acceptors (Lipinski definition) is 5. The average Bonchev–Trinajstić information content (AvgIpc) is 2.82. The number of nitrogens with one attached hydrogen (secondary N) is 2. The third-order valence-corrected chi connectivity index (χ3v) is 5.75. The number of benzene rings is 2. The largest absolute Gasteiger partial charge is 0.486 e. The zero-order valence-electron chi connectivity index (χ0n) is 17.6. The second-order valence-corrected chi connectivity index (χ2v) is 7.98. The highest BCUT2D eigenvalue weighted by Gasteiger charge is 2.25. The maximum absolute atomic E-state index is 12.4. The molecule has 0 aromatic heterocycles. The van der Waals surface area contributed by atoms with Gasteiger partial charge in [-0.15, -0.1) is 0 Å². The first-order chi connectivity index (χ1) is 15.2. The fourth-order valence-electron chi connectivity index (χ4n) is 3.95. The van der Waals surface area contributed by atoms with Crippen LogP contribution in [-0.2, 0) is 16.1 Å². The number of rotatable bonds is 7. The lowest BCUT2D eigenvalue weighted by atomic mass is 9.95. The summed E-state index contributed by atoms with van der Waals surface area (Å²) in [6.45, 7) is 3.99. The molecule has 2 aliphatic heterocycles. The van der Waals surface area contributed by atoms with Gasteiger partial charge in [0.2, 0.25) is 11.8 Å². The Kier molecular flexibility index (Phi) is 7.04. The number of carbonyl (C=O) groups is 2. The van der Waals surface area contributed by atoms with Crippen molar-refractivity contribution in [2.45, 2.75) is 25.8 Å². The van der Waals surface area contributed by atoms with E-state index in [4.69, 9.17) is 9.47 Å². The summed E-state index contributed by atoms with van der Waals surface area (Å²) in [7, 11) is 0. The third kappa shape index (κ3) is 5.98. The summed E-state index contributed by atoms with van der Waals surface area (Å²) in [5.74, 6) is 1.52. The van der Waals surface area contributed by atoms with Gasteiger partial charge in [0.15, 0.2) is 11.5 Å². The number of carbonyl (C=O) groups excluding carboxylic acids is 2. The predicted molar refractivity (Wildman–Crippen MR) is 118 cm³/mol. The van der Waals surface area contributed by atoms with Crippen LogP contribution in [0.2, 0.25) is 0 Å². The molecule has 2 aromatic carbocycles. The Morgan fingerprint density at radius 3 is 2.48 bits per heavy atom. The van der Waals surface area contributed by atoms with E-state index in [1.165, 1.54) is 0 Å². The SMILES string of the molecule is O=C(CCN1CCC(C(=O)NCc2ccccc2)CC1)Nc1ccc2c(c1)OCCO2. The fraction of sp³-hybridized carbons (Fsp3) is 0.417. The van der Waals surface area contributed by atoms with E-state index in [0.717, 1.165) is 31.5 Å². The van der Waals surface area contributed by atoms with Gasteiger partial charge < -0.3 is 25.0 Å². The molecule has 0 aliphatic carbocycles. The molecule has 4 rings (SSSR count). The van der Waals surface area contributed by atoms with E-state index in [2.05, 4.69) is 15.5 Å². The molecule has 0 unspecified atom stereocenters. The Morgan fingerprint density at radius 2 is 1.71 bits per heavy atom. The highest BCUT2D eigenvalue weighted by atomic mass is 16.6. The average molecular weight is 424 g/mol. The molecule has 2 aromatic rings. The Morgan fingerprint density at radius 1 is 0.968 bits per heavy atom. The van der Waals surface area contributed by atoms with E-state index < -0.39 is 0 Å². The van der Waals surface area contributed by atoms with Crippen LogP contribution in [0.4, 0.5) is 5.69 Å². The first kappa shape index (κ1) is 21.2. The van der Waals surface area contributed by atoms with E-state index in [9.17, 15) is 9.59 Å². The number of piperidine rings is 1. The van der Waals surface area contributed by atoms with E-state index >= 15 is 0 Å². The van der Waals surface area contributed by atoms with Crippen molar-refractivity contribution < 1.29 is 19.1 Å². The third-order valence-electron chi connectivity index (χ3n) is 5.75. The van der Waals surface area contributed by atoms with Gasteiger partial charge in [-0.1, -0.05) is 30.3 Å². The molecule has 1 fully saturated rings. The first-order valence-electron chi connectivity index (χ1n) is 10.9. The molecule has 2 N–H and O–H groups in total. The van der Waals surface area contributed by atoms with Crippen molar-refractivity contribution in [3.8, 4) is 11.5 Å². The summed E-state index contributed by atoms with van der Waals surface area (Å²) in [6, 6.07) is 15.4. The quantitative estimate of drug-likeness (QED) is 0.716. The van der Waals surface area contributed by atoms with Gasteiger partial charge in [0.25, 0.3) is 0 Å². The molecular weight excluding hydrogens is 394 g/mol. The van der Waals surface area contributed by atoms with E-state index in [1.54, 1.807) is 6.07 Å². The van der Waals surface area contributed by atoms with E-state index in [-0.39, 0.29) is 17.7 Å². The van der Waals surface area contributed by atoms with Gasteiger partial charge in [-0.05, 0) is 43.6 Å². The van der Waals surface area contributed by atoms with Crippen LogP contribution in [0.5, 0.6) is 11.5 Å². The van der Waals surface area contributed by atoms with Crippen molar-refractivity contribution in [2.24, 2.45) is 5.92 Å². The maximum Gasteiger partial charge on any atom is 0.225 e. The molecule has 0 spiro atoms. The molecule has 0 saturated carbocycles. The van der Waals surface area contributed by atoms with Crippen molar-refractivity contribution >= 4 is 17.5 Å². The predicted octanol–water partition coefficient (Wildman–Crippen LogP) is 2.81. The summed E-state index contributed by atoms with van der Waals surface area (Å²) in [5, 5.41) is 5.97. The fourth-order valence-corrected chi connectivity index (χ4v) is 3.95.